The van der Waals surface area contributed by atoms with Crippen molar-refractivity contribution < 1.29 is 4.74 Å². The minimum atomic E-state index is -0.477. The molecular formula is C27H30BNO. The van der Waals surface area contributed by atoms with Crippen LogP contribution in [-0.4, -0.2) is 21.0 Å². The Bertz CT molecular complexity index is 1110. The van der Waals surface area contributed by atoms with Crippen molar-refractivity contribution in [3.8, 4) is 22.3 Å². The summed E-state index contributed by atoms with van der Waals surface area (Å²) in [6, 6.07) is 24.1. The third kappa shape index (κ3) is 3.59. The van der Waals surface area contributed by atoms with Crippen LogP contribution in [0, 0.1) is 0 Å². The van der Waals surface area contributed by atoms with Gasteiger partial charge in [-0.2, -0.15) is 0 Å². The molecule has 1 aliphatic rings. The lowest BCUT2D eigenvalue weighted by molar-refractivity contribution is 0.00383. The first-order chi connectivity index (χ1) is 14.3. The molecule has 0 radical (unpaired) electrons. The van der Waals surface area contributed by atoms with E-state index in [9.17, 15) is 0 Å². The standard InChI is InChI=1S/C27H30BNO/c1-18(2)17-27(28,30-19(3)4)20-14-15-26-24(16-20)22-11-7-6-10-21(22)23-12-8-9-13-25(23)29(26)5/h6-17,19H,28H2,1-5H3. The molecule has 1 atom stereocenters. The van der Waals surface area contributed by atoms with Gasteiger partial charge in [-0.25, -0.2) is 0 Å². The van der Waals surface area contributed by atoms with Gasteiger partial charge >= 0.3 is 0 Å². The molecule has 3 aromatic carbocycles. The molecule has 0 spiro atoms. The van der Waals surface area contributed by atoms with Crippen LogP contribution in [0.4, 0.5) is 11.4 Å². The lowest BCUT2D eigenvalue weighted by atomic mass is 9.73. The Morgan fingerprint density at radius 2 is 1.43 bits per heavy atom. The third-order valence-corrected chi connectivity index (χ3v) is 5.75. The van der Waals surface area contributed by atoms with E-state index in [0.717, 1.165) is 0 Å². The van der Waals surface area contributed by atoms with Gasteiger partial charge in [-0.3, -0.25) is 0 Å². The van der Waals surface area contributed by atoms with Crippen LogP contribution in [-0.2, 0) is 10.2 Å². The van der Waals surface area contributed by atoms with Gasteiger partial charge in [0.15, 0.2) is 7.85 Å². The number of rotatable bonds is 4. The van der Waals surface area contributed by atoms with E-state index in [4.69, 9.17) is 4.74 Å². The summed E-state index contributed by atoms with van der Waals surface area (Å²) in [6.45, 7) is 8.46. The number of anilines is 2. The van der Waals surface area contributed by atoms with Crippen LogP contribution in [0.15, 0.2) is 78.4 Å². The van der Waals surface area contributed by atoms with E-state index in [1.165, 1.54) is 44.8 Å². The van der Waals surface area contributed by atoms with E-state index in [0.29, 0.717) is 0 Å². The maximum Gasteiger partial charge on any atom is 0.154 e. The molecule has 1 heterocycles. The van der Waals surface area contributed by atoms with Crippen LogP contribution in [0.3, 0.4) is 0 Å². The van der Waals surface area contributed by atoms with E-state index in [-0.39, 0.29) is 6.10 Å². The second-order valence-electron chi connectivity index (χ2n) is 8.85. The van der Waals surface area contributed by atoms with Gasteiger partial charge in [0, 0.05) is 29.5 Å². The summed E-state index contributed by atoms with van der Waals surface area (Å²) in [6.07, 6.45) is 2.36. The molecule has 2 nitrogen and oxygen atoms in total. The van der Waals surface area contributed by atoms with Crippen LogP contribution in [0.1, 0.15) is 33.3 Å². The number of fused-ring (bicyclic) bond motifs is 5. The van der Waals surface area contributed by atoms with Crippen molar-refractivity contribution in [2.75, 3.05) is 11.9 Å². The predicted octanol–water partition coefficient (Wildman–Crippen LogP) is 6.28. The number of hydrogen-bond donors (Lipinski definition) is 0. The molecule has 4 rings (SSSR count). The minimum Gasteiger partial charge on any atom is -0.373 e. The first kappa shape index (κ1) is 20.5. The molecule has 0 aromatic heterocycles. The summed E-state index contributed by atoms with van der Waals surface area (Å²) >= 11 is 0. The Morgan fingerprint density at radius 1 is 0.867 bits per heavy atom. The fourth-order valence-electron chi connectivity index (χ4n) is 4.66. The lowest BCUT2D eigenvalue weighted by Crippen LogP contribution is -2.31. The molecule has 0 amide bonds. The molecule has 3 aromatic rings. The monoisotopic (exact) mass is 395 g/mol. The highest BCUT2D eigenvalue weighted by atomic mass is 16.5. The Hall–Kier alpha value is -2.78. The summed E-state index contributed by atoms with van der Waals surface area (Å²) in [4.78, 5) is 2.30. The molecule has 0 fully saturated rings. The summed E-state index contributed by atoms with van der Waals surface area (Å²) in [5.74, 6) is 0. The molecule has 1 unspecified atom stereocenters. The Kier molecular flexibility index (Phi) is 5.34. The van der Waals surface area contributed by atoms with Gasteiger partial charge in [0.05, 0.1) is 11.6 Å². The average molecular weight is 395 g/mol. The molecule has 3 heteroatoms. The van der Waals surface area contributed by atoms with Crippen molar-refractivity contribution in [1.29, 1.82) is 0 Å². The molecule has 0 saturated heterocycles. The van der Waals surface area contributed by atoms with E-state index in [1.54, 1.807) is 0 Å². The molecule has 0 saturated carbocycles. The van der Waals surface area contributed by atoms with Gasteiger partial charge in [0.1, 0.15) is 0 Å². The van der Waals surface area contributed by atoms with Gasteiger partial charge in [0.25, 0.3) is 0 Å². The summed E-state index contributed by atoms with van der Waals surface area (Å²) in [7, 11) is 4.33. The van der Waals surface area contributed by atoms with Crippen molar-refractivity contribution in [2.45, 2.75) is 39.3 Å². The summed E-state index contributed by atoms with van der Waals surface area (Å²) in [5, 5.41) is 0. The van der Waals surface area contributed by atoms with Crippen LogP contribution in [0.25, 0.3) is 22.3 Å². The van der Waals surface area contributed by atoms with E-state index >= 15 is 0 Å². The molecular weight excluding hydrogens is 365 g/mol. The maximum atomic E-state index is 6.44. The Balaban J connectivity index is 1.98. The third-order valence-electron chi connectivity index (χ3n) is 5.75. The fraction of sp³-hybridized carbons (Fsp3) is 0.259. The SMILES string of the molecule is BC(C=C(C)C)(OC(C)C)c1ccc2c(c1)-c1ccccc1-c1ccccc1N2C. The Morgan fingerprint density at radius 3 is 2.07 bits per heavy atom. The number of para-hydroxylation sites is 1. The second kappa shape index (κ2) is 7.81. The minimum absolute atomic E-state index is 0.128. The highest BCUT2D eigenvalue weighted by Gasteiger charge is 2.29. The quantitative estimate of drug-likeness (QED) is 0.381. The molecule has 0 aliphatic carbocycles. The second-order valence-corrected chi connectivity index (χ2v) is 8.85. The van der Waals surface area contributed by atoms with Gasteiger partial charge in [0.2, 0.25) is 0 Å². The fourth-order valence-corrected chi connectivity index (χ4v) is 4.66. The highest BCUT2D eigenvalue weighted by molar-refractivity contribution is 6.16. The normalized spacial score (nSPS) is 14.3. The van der Waals surface area contributed by atoms with Crippen LogP contribution in [0.2, 0.25) is 0 Å². The number of ether oxygens (including phenoxy) is 1. The van der Waals surface area contributed by atoms with Crippen LogP contribution >= 0.6 is 0 Å². The Labute approximate surface area is 181 Å². The number of benzene rings is 3. The van der Waals surface area contributed by atoms with E-state index < -0.39 is 5.50 Å². The van der Waals surface area contributed by atoms with E-state index in [1.807, 2.05) is 0 Å². The van der Waals surface area contributed by atoms with Crippen molar-refractivity contribution in [1.82, 2.24) is 0 Å². The lowest BCUT2D eigenvalue weighted by Gasteiger charge is -2.32. The first-order valence-electron chi connectivity index (χ1n) is 10.7. The van der Waals surface area contributed by atoms with Crippen molar-refractivity contribution in [3.05, 3.63) is 83.9 Å². The molecule has 0 bridgehead atoms. The van der Waals surface area contributed by atoms with Gasteiger partial charge in [-0.1, -0.05) is 60.2 Å². The van der Waals surface area contributed by atoms with Gasteiger partial charge in [-0.05, 0) is 62.6 Å². The zero-order valence-corrected chi connectivity index (χ0v) is 18.9. The maximum absolute atomic E-state index is 6.44. The zero-order valence-electron chi connectivity index (χ0n) is 18.9. The number of hydrogen-bond acceptors (Lipinski definition) is 2. The zero-order chi connectivity index (χ0) is 21.5. The first-order valence-corrected chi connectivity index (χ1v) is 10.7. The average Bonchev–Trinajstić information content (AvgIpc) is 2.81. The molecule has 152 valence electrons. The molecule has 1 aliphatic heterocycles. The summed E-state index contributed by atoms with van der Waals surface area (Å²) < 4.78 is 6.44. The van der Waals surface area contributed by atoms with Crippen molar-refractivity contribution in [2.24, 2.45) is 0 Å². The van der Waals surface area contributed by atoms with Gasteiger partial charge in [-0.15, -0.1) is 0 Å². The smallest absolute Gasteiger partial charge is 0.154 e. The highest BCUT2D eigenvalue weighted by Crippen LogP contribution is 2.47. The number of allylic oxidation sites excluding steroid dienone is 1. The van der Waals surface area contributed by atoms with Crippen molar-refractivity contribution in [3.63, 3.8) is 0 Å². The van der Waals surface area contributed by atoms with Gasteiger partial charge < -0.3 is 9.64 Å². The molecule has 0 N–H and O–H groups in total. The van der Waals surface area contributed by atoms with Crippen LogP contribution < -0.4 is 4.90 Å². The number of nitrogens with zero attached hydrogens (tertiary/aromatic N) is 1. The topological polar surface area (TPSA) is 12.5 Å². The summed E-state index contributed by atoms with van der Waals surface area (Å²) in [5.41, 5.74) is 9.40. The van der Waals surface area contributed by atoms with E-state index in [2.05, 4.69) is 120 Å². The largest absolute Gasteiger partial charge is 0.373 e. The van der Waals surface area contributed by atoms with Crippen molar-refractivity contribution >= 4 is 19.2 Å². The predicted molar refractivity (Wildman–Crippen MR) is 131 cm³/mol. The van der Waals surface area contributed by atoms with Crippen LogP contribution in [0.5, 0.6) is 0 Å². The molecule has 30 heavy (non-hydrogen) atoms.